The van der Waals surface area contributed by atoms with Gasteiger partial charge in [-0.25, -0.2) is 0 Å². The molecule has 0 aliphatic carbocycles. The minimum atomic E-state index is 0.153. The minimum Gasteiger partial charge on any atom is -0.366 e. The van der Waals surface area contributed by atoms with Crippen LogP contribution in [0.1, 0.15) is 63.9 Å². The van der Waals surface area contributed by atoms with Crippen molar-refractivity contribution in [3.8, 4) is 0 Å². The first-order valence-corrected chi connectivity index (χ1v) is 8.81. The topological polar surface area (TPSA) is 9.23 Å². The molecule has 1 nitrogen and oxygen atoms in total. The van der Waals surface area contributed by atoms with Crippen LogP contribution in [0.3, 0.4) is 0 Å². The molecule has 0 heterocycles. The fraction of sp³-hybridized carbons (Fsp3) is 0.455. The summed E-state index contributed by atoms with van der Waals surface area (Å²) in [7, 11) is 0. The fourth-order valence-corrected chi connectivity index (χ4v) is 2.93. The molecule has 2 atom stereocenters. The number of ether oxygens (including phenoxy) is 1. The Hall–Kier alpha value is -1.60. The molecule has 0 saturated heterocycles. The maximum atomic E-state index is 6.64. The van der Waals surface area contributed by atoms with E-state index in [0.717, 1.165) is 12.8 Å². The van der Waals surface area contributed by atoms with Gasteiger partial charge in [0.2, 0.25) is 0 Å². The Balaban J connectivity index is 2.22. The van der Waals surface area contributed by atoms with Crippen LogP contribution < -0.4 is 0 Å². The fourth-order valence-electron chi connectivity index (χ4n) is 2.93. The highest BCUT2D eigenvalue weighted by molar-refractivity contribution is 5.20. The number of hydrogen-bond donors (Lipinski definition) is 0. The number of hydrogen-bond acceptors (Lipinski definition) is 1. The van der Waals surface area contributed by atoms with Crippen LogP contribution >= 0.6 is 0 Å². The molecule has 124 valence electrons. The second-order valence-electron chi connectivity index (χ2n) is 7.19. The van der Waals surface area contributed by atoms with Crippen molar-refractivity contribution in [1.29, 1.82) is 0 Å². The summed E-state index contributed by atoms with van der Waals surface area (Å²) in [6.45, 7) is 9.05. The highest BCUT2D eigenvalue weighted by atomic mass is 16.5. The highest BCUT2D eigenvalue weighted by Gasteiger charge is 2.21. The highest BCUT2D eigenvalue weighted by Crippen LogP contribution is 2.34. The maximum Gasteiger partial charge on any atom is 0.0835 e. The molecule has 2 unspecified atom stereocenters. The van der Waals surface area contributed by atoms with Gasteiger partial charge in [-0.3, -0.25) is 0 Å². The standard InChI is InChI=1S/C22H30O/c1-17(2)15-21(19-11-7-5-8-12-19)23-22(16-18(3)4)20-13-9-6-10-14-20/h5-14,17-18,21-22H,15-16H2,1-4H3. The van der Waals surface area contributed by atoms with Crippen molar-refractivity contribution in [2.24, 2.45) is 11.8 Å². The smallest absolute Gasteiger partial charge is 0.0835 e. The van der Waals surface area contributed by atoms with Crippen molar-refractivity contribution in [1.82, 2.24) is 0 Å². The molecule has 0 bridgehead atoms. The van der Waals surface area contributed by atoms with Gasteiger partial charge in [-0.15, -0.1) is 0 Å². The van der Waals surface area contributed by atoms with E-state index in [2.05, 4.69) is 88.4 Å². The molecule has 0 aliphatic heterocycles. The monoisotopic (exact) mass is 310 g/mol. The Morgan fingerprint density at radius 2 is 0.957 bits per heavy atom. The van der Waals surface area contributed by atoms with Crippen molar-refractivity contribution in [2.75, 3.05) is 0 Å². The van der Waals surface area contributed by atoms with Crippen LogP contribution in [0.15, 0.2) is 60.7 Å². The SMILES string of the molecule is CC(C)CC(OC(CC(C)C)c1ccccc1)c1ccccc1. The van der Waals surface area contributed by atoms with Gasteiger partial charge in [0.25, 0.3) is 0 Å². The van der Waals surface area contributed by atoms with Gasteiger partial charge >= 0.3 is 0 Å². The summed E-state index contributed by atoms with van der Waals surface area (Å²) in [6, 6.07) is 21.3. The molecular formula is C22H30O. The zero-order valence-electron chi connectivity index (χ0n) is 14.9. The van der Waals surface area contributed by atoms with Gasteiger partial charge in [-0.1, -0.05) is 88.4 Å². The summed E-state index contributed by atoms with van der Waals surface area (Å²) in [6.07, 6.45) is 2.40. The van der Waals surface area contributed by atoms with Crippen molar-refractivity contribution in [2.45, 2.75) is 52.7 Å². The van der Waals surface area contributed by atoms with E-state index in [-0.39, 0.29) is 12.2 Å². The zero-order chi connectivity index (χ0) is 16.7. The maximum absolute atomic E-state index is 6.64. The van der Waals surface area contributed by atoms with Gasteiger partial charge in [0.05, 0.1) is 12.2 Å². The van der Waals surface area contributed by atoms with E-state index in [4.69, 9.17) is 4.74 Å². The Labute approximate surface area is 141 Å². The average molecular weight is 310 g/mol. The third kappa shape index (κ3) is 5.84. The first kappa shape index (κ1) is 17.7. The van der Waals surface area contributed by atoms with E-state index in [9.17, 15) is 0 Å². The molecule has 0 amide bonds. The minimum absolute atomic E-state index is 0.153. The van der Waals surface area contributed by atoms with Crippen molar-refractivity contribution in [3.05, 3.63) is 71.8 Å². The molecule has 0 aromatic heterocycles. The lowest BCUT2D eigenvalue weighted by Gasteiger charge is -2.28. The van der Waals surface area contributed by atoms with E-state index >= 15 is 0 Å². The Bertz CT molecular complexity index is 493. The van der Waals surface area contributed by atoms with Crippen LogP contribution in [0.4, 0.5) is 0 Å². The lowest BCUT2D eigenvalue weighted by molar-refractivity contribution is -0.0351. The molecule has 0 fully saturated rings. The van der Waals surface area contributed by atoms with Crippen molar-refractivity contribution < 1.29 is 4.74 Å². The van der Waals surface area contributed by atoms with Gasteiger partial charge in [0, 0.05) is 0 Å². The third-order valence-corrected chi connectivity index (χ3v) is 4.04. The summed E-state index contributed by atoms with van der Waals surface area (Å²) in [5, 5.41) is 0. The van der Waals surface area contributed by atoms with Gasteiger partial charge in [-0.05, 0) is 35.8 Å². The average Bonchev–Trinajstić information content (AvgIpc) is 2.54. The van der Waals surface area contributed by atoms with Gasteiger partial charge < -0.3 is 4.74 Å². The van der Waals surface area contributed by atoms with E-state index in [0.29, 0.717) is 11.8 Å². The van der Waals surface area contributed by atoms with Crippen LogP contribution in [-0.4, -0.2) is 0 Å². The van der Waals surface area contributed by atoms with Gasteiger partial charge in [0.15, 0.2) is 0 Å². The normalized spacial score (nSPS) is 14.2. The van der Waals surface area contributed by atoms with Crippen LogP contribution in [0.5, 0.6) is 0 Å². The molecule has 0 N–H and O–H groups in total. The van der Waals surface area contributed by atoms with Crippen molar-refractivity contribution in [3.63, 3.8) is 0 Å². The summed E-state index contributed by atoms with van der Waals surface area (Å²) in [4.78, 5) is 0. The van der Waals surface area contributed by atoms with E-state index < -0.39 is 0 Å². The molecule has 0 radical (unpaired) electrons. The van der Waals surface area contributed by atoms with E-state index in [1.807, 2.05) is 0 Å². The second kappa shape index (κ2) is 8.88. The van der Waals surface area contributed by atoms with Crippen molar-refractivity contribution >= 4 is 0 Å². The van der Waals surface area contributed by atoms with E-state index in [1.54, 1.807) is 0 Å². The summed E-state index contributed by atoms with van der Waals surface area (Å²) < 4.78 is 6.64. The third-order valence-electron chi connectivity index (χ3n) is 4.04. The summed E-state index contributed by atoms with van der Waals surface area (Å²) >= 11 is 0. The molecule has 23 heavy (non-hydrogen) atoms. The Morgan fingerprint density at radius 1 is 0.609 bits per heavy atom. The zero-order valence-corrected chi connectivity index (χ0v) is 14.9. The summed E-state index contributed by atoms with van der Waals surface area (Å²) in [5.41, 5.74) is 2.57. The Morgan fingerprint density at radius 3 is 1.26 bits per heavy atom. The molecule has 0 saturated carbocycles. The van der Waals surface area contributed by atoms with Gasteiger partial charge in [-0.2, -0.15) is 0 Å². The first-order chi connectivity index (χ1) is 11.1. The first-order valence-electron chi connectivity index (χ1n) is 8.81. The second-order valence-corrected chi connectivity index (χ2v) is 7.19. The molecule has 0 spiro atoms. The quantitative estimate of drug-likeness (QED) is 0.535. The molecule has 0 aliphatic rings. The summed E-state index contributed by atoms with van der Waals surface area (Å²) in [5.74, 6) is 1.21. The number of rotatable bonds is 8. The number of benzene rings is 2. The predicted octanol–water partition coefficient (Wildman–Crippen LogP) is 6.58. The Kier molecular flexibility index (Phi) is 6.85. The molecule has 2 aromatic rings. The van der Waals surface area contributed by atoms with Crippen LogP contribution in [-0.2, 0) is 4.74 Å². The molecule has 1 heteroatoms. The van der Waals surface area contributed by atoms with E-state index in [1.165, 1.54) is 11.1 Å². The lowest BCUT2D eigenvalue weighted by Crippen LogP contribution is -2.14. The lowest BCUT2D eigenvalue weighted by atomic mass is 9.96. The van der Waals surface area contributed by atoms with Gasteiger partial charge in [0.1, 0.15) is 0 Å². The van der Waals surface area contributed by atoms with Crippen LogP contribution in [0.2, 0.25) is 0 Å². The largest absolute Gasteiger partial charge is 0.366 e. The van der Waals surface area contributed by atoms with Crippen LogP contribution in [0, 0.1) is 11.8 Å². The molecule has 2 aromatic carbocycles. The molecular weight excluding hydrogens is 280 g/mol. The predicted molar refractivity (Wildman–Crippen MR) is 98.4 cm³/mol. The molecule has 2 rings (SSSR count). The van der Waals surface area contributed by atoms with Crippen LogP contribution in [0.25, 0.3) is 0 Å².